The summed E-state index contributed by atoms with van der Waals surface area (Å²) in [5, 5.41) is 0. The molecule has 22 heavy (non-hydrogen) atoms. The van der Waals surface area contributed by atoms with Crippen LogP contribution in [0.2, 0.25) is 0 Å². The summed E-state index contributed by atoms with van der Waals surface area (Å²) in [6, 6.07) is 5.91. The van der Waals surface area contributed by atoms with Gasteiger partial charge in [0.2, 0.25) is 5.95 Å². The van der Waals surface area contributed by atoms with Crippen LogP contribution in [-0.4, -0.2) is 23.4 Å². The minimum absolute atomic E-state index is 0. The molecule has 9 heteroatoms. The number of aromatic nitrogens is 3. The van der Waals surface area contributed by atoms with E-state index < -0.39 is 10.0 Å². The molecule has 0 bridgehead atoms. The molecule has 0 fully saturated rings. The number of nitrogen functional groups attached to an aromatic ring is 1. The van der Waals surface area contributed by atoms with Crippen LogP contribution in [0, 0.1) is 0 Å². The van der Waals surface area contributed by atoms with Crippen LogP contribution in [0.4, 0.5) is 11.6 Å². The van der Waals surface area contributed by atoms with Gasteiger partial charge in [-0.1, -0.05) is 13.8 Å². The molecule has 0 aliphatic carbocycles. The number of anilines is 2. The van der Waals surface area contributed by atoms with Crippen LogP contribution < -0.4 is 40.0 Å². The molecular weight excluding hydrogens is 313 g/mol. The predicted octanol–water partition coefficient (Wildman–Crippen LogP) is -1.62. The zero-order valence-electron chi connectivity index (χ0n) is 12.9. The second-order valence-corrected chi connectivity index (χ2v) is 6.06. The van der Waals surface area contributed by atoms with Gasteiger partial charge in [-0.05, 0) is 24.3 Å². The van der Waals surface area contributed by atoms with Crippen molar-refractivity contribution in [1.29, 1.82) is 0 Å². The van der Waals surface area contributed by atoms with Gasteiger partial charge in [-0.25, -0.2) is 18.1 Å². The fourth-order valence-electron chi connectivity index (χ4n) is 1.66. The van der Waals surface area contributed by atoms with Gasteiger partial charge < -0.3 is 5.73 Å². The quantitative estimate of drug-likeness (QED) is 0.504. The van der Waals surface area contributed by atoms with E-state index in [1.54, 1.807) is 0 Å². The SMILES string of the molecule is CCc1nc(CC)nc(NS(=O)(=O)c2ccc(N)cc2)n1.[Na+]. The van der Waals surface area contributed by atoms with E-state index in [0.717, 1.165) is 0 Å². The Morgan fingerprint density at radius 2 is 1.50 bits per heavy atom. The van der Waals surface area contributed by atoms with Crippen LogP contribution in [0.25, 0.3) is 0 Å². The number of nitrogens with zero attached hydrogens (tertiary/aromatic N) is 3. The Bertz CT molecular complexity index is 712. The van der Waals surface area contributed by atoms with E-state index in [2.05, 4.69) is 19.7 Å². The Hall–Kier alpha value is -1.22. The molecule has 0 saturated carbocycles. The number of aryl methyl sites for hydroxylation is 2. The number of benzene rings is 1. The summed E-state index contributed by atoms with van der Waals surface area (Å²) in [4.78, 5) is 12.5. The van der Waals surface area contributed by atoms with Crippen molar-refractivity contribution in [2.75, 3.05) is 10.5 Å². The number of hydrogen-bond acceptors (Lipinski definition) is 6. The standard InChI is InChI=1S/C13H17N5O2S.Na/c1-3-11-15-12(4-2)17-13(16-11)18-21(19,20)10-7-5-9(14)6-8-10;/h5-8H,3-4,14H2,1-2H3,(H,15,16,17,18);/q;+1. The molecule has 0 unspecified atom stereocenters. The Kier molecular flexibility index (Phi) is 6.73. The molecular formula is C13H17N5NaO2S+. The van der Waals surface area contributed by atoms with Gasteiger partial charge >= 0.3 is 29.6 Å². The van der Waals surface area contributed by atoms with Crippen molar-refractivity contribution in [2.24, 2.45) is 0 Å². The van der Waals surface area contributed by atoms with Gasteiger partial charge in [0.15, 0.2) is 0 Å². The zero-order chi connectivity index (χ0) is 15.5. The largest absolute Gasteiger partial charge is 1.00 e. The number of nitrogens with one attached hydrogen (secondary N) is 1. The molecule has 1 aromatic carbocycles. The van der Waals surface area contributed by atoms with Gasteiger partial charge in [0, 0.05) is 18.5 Å². The fraction of sp³-hybridized carbons (Fsp3) is 0.308. The molecule has 7 nitrogen and oxygen atoms in total. The molecule has 0 aliphatic rings. The summed E-state index contributed by atoms with van der Waals surface area (Å²) in [5.74, 6) is 1.14. The minimum atomic E-state index is -3.74. The van der Waals surface area contributed by atoms with Crippen LogP contribution in [0.15, 0.2) is 29.2 Å². The third-order valence-corrected chi connectivity index (χ3v) is 4.12. The number of sulfonamides is 1. The predicted molar refractivity (Wildman–Crippen MR) is 80.2 cm³/mol. The Morgan fingerprint density at radius 1 is 1.00 bits per heavy atom. The topological polar surface area (TPSA) is 111 Å². The molecule has 1 heterocycles. The molecule has 3 N–H and O–H groups in total. The molecule has 0 aliphatic heterocycles. The maximum Gasteiger partial charge on any atom is 1.00 e. The van der Waals surface area contributed by atoms with Crippen molar-refractivity contribution in [3.8, 4) is 0 Å². The smallest absolute Gasteiger partial charge is 0.399 e. The minimum Gasteiger partial charge on any atom is -0.399 e. The van der Waals surface area contributed by atoms with Gasteiger partial charge in [-0.2, -0.15) is 9.97 Å². The van der Waals surface area contributed by atoms with Crippen molar-refractivity contribution >= 4 is 21.7 Å². The van der Waals surface area contributed by atoms with Crippen LogP contribution in [0.5, 0.6) is 0 Å². The van der Waals surface area contributed by atoms with E-state index in [1.807, 2.05) is 13.8 Å². The Morgan fingerprint density at radius 3 is 1.95 bits per heavy atom. The molecule has 2 aromatic rings. The maximum atomic E-state index is 12.3. The van der Waals surface area contributed by atoms with E-state index >= 15 is 0 Å². The molecule has 0 spiro atoms. The first-order valence-electron chi connectivity index (χ1n) is 6.56. The second kappa shape index (κ2) is 7.87. The molecule has 2 rings (SSSR count). The van der Waals surface area contributed by atoms with Gasteiger partial charge in [-0.3, -0.25) is 0 Å². The van der Waals surface area contributed by atoms with E-state index in [1.165, 1.54) is 24.3 Å². The van der Waals surface area contributed by atoms with Crippen LogP contribution in [0.3, 0.4) is 0 Å². The average molecular weight is 330 g/mol. The molecule has 112 valence electrons. The van der Waals surface area contributed by atoms with E-state index in [-0.39, 0.29) is 40.4 Å². The monoisotopic (exact) mass is 330 g/mol. The summed E-state index contributed by atoms with van der Waals surface area (Å²) in [5.41, 5.74) is 6.05. The normalized spacial score (nSPS) is 10.8. The van der Waals surface area contributed by atoms with Crippen LogP contribution in [-0.2, 0) is 22.9 Å². The second-order valence-electron chi connectivity index (χ2n) is 4.37. The van der Waals surface area contributed by atoms with Crippen molar-refractivity contribution in [2.45, 2.75) is 31.6 Å². The Labute approximate surface area is 152 Å². The zero-order valence-corrected chi connectivity index (χ0v) is 15.7. The van der Waals surface area contributed by atoms with Crippen molar-refractivity contribution in [3.05, 3.63) is 35.9 Å². The van der Waals surface area contributed by atoms with E-state index in [0.29, 0.717) is 30.2 Å². The summed E-state index contributed by atoms with van der Waals surface area (Å²) < 4.78 is 26.9. The first-order valence-corrected chi connectivity index (χ1v) is 8.05. The van der Waals surface area contributed by atoms with E-state index in [4.69, 9.17) is 5.73 Å². The van der Waals surface area contributed by atoms with Crippen molar-refractivity contribution < 1.29 is 38.0 Å². The van der Waals surface area contributed by atoms with Gasteiger partial charge in [0.1, 0.15) is 11.6 Å². The molecule has 0 saturated heterocycles. The van der Waals surface area contributed by atoms with Gasteiger partial charge in [-0.15, -0.1) is 0 Å². The van der Waals surface area contributed by atoms with E-state index in [9.17, 15) is 8.42 Å². The summed E-state index contributed by atoms with van der Waals surface area (Å²) in [7, 11) is -3.74. The molecule has 0 radical (unpaired) electrons. The number of rotatable bonds is 5. The molecule has 0 atom stereocenters. The number of hydrogen-bond donors (Lipinski definition) is 2. The average Bonchev–Trinajstić information content (AvgIpc) is 2.46. The summed E-state index contributed by atoms with van der Waals surface area (Å²) in [6.07, 6.45) is 1.21. The fourth-order valence-corrected chi connectivity index (χ4v) is 2.60. The molecule has 0 amide bonds. The van der Waals surface area contributed by atoms with Crippen LogP contribution in [0.1, 0.15) is 25.5 Å². The van der Waals surface area contributed by atoms with Gasteiger partial charge in [0.05, 0.1) is 4.90 Å². The molecule has 1 aromatic heterocycles. The third-order valence-electron chi connectivity index (χ3n) is 2.78. The first-order chi connectivity index (χ1) is 9.94. The third kappa shape index (κ3) is 4.64. The number of nitrogens with two attached hydrogens (primary N) is 1. The first kappa shape index (κ1) is 18.8. The van der Waals surface area contributed by atoms with Crippen molar-refractivity contribution in [3.63, 3.8) is 0 Å². The maximum absolute atomic E-state index is 12.3. The summed E-state index contributed by atoms with van der Waals surface area (Å²) >= 11 is 0. The summed E-state index contributed by atoms with van der Waals surface area (Å²) in [6.45, 7) is 3.79. The van der Waals surface area contributed by atoms with Gasteiger partial charge in [0.25, 0.3) is 10.0 Å². The van der Waals surface area contributed by atoms with Crippen LogP contribution >= 0.6 is 0 Å². The van der Waals surface area contributed by atoms with Crippen molar-refractivity contribution in [1.82, 2.24) is 15.0 Å². The Balaban J connectivity index is 0.00000242.